The monoisotopic (exact) mass is 538 g/mol. The maximum absolute atomic E-state index is 13.2. The Hall–Kier alpha value is -3.32. The largest absolute Gasteiger partial charge is 0.507 e. The lowest BCUT2D eigenvalue weighted by molar-refractivity contribution is -0.140. The highest BCUT2D eigenvalue weighted by Crippen LogP contribution is 2.41. The summed E-state index contributed by atoms with van der Waals surface area (Å²) >= 11 is 12.4. The van der Waals surface area contributed by atoms with Gasteiger partial charge in [0.1, 0.15) is 18.1 Å². The molecule has 1 saturated heterocycles. The predicted molar refractivity (Wildman–Crippen MR) is 146 cm³/mol. The first kappa shape index (κ1) is 26.7. The van der Waals surface area contributed by atoms with E-state index < -0.39 is 17.7 Å². The summed E-state index contributed by atoms with van der Waals surface area (Å²) in [4.78, 5) is 29.6. The van der Waals surface area contributed by atoms with Gasteiger partial charge in [-0.2, -0.15) is 0 Å². The molecule has 1 fully saturated rings. The second-order valence-electron chi connectivity index (χ2n) is 9.27. The molecule has 1 heterocycles. The topological polar surface area (TPSA) is 70.1 Å². The Morgan fingerprint density at radius 1 is 1.00 bits per heavy atom. The number of amides is 1. The van der Waals surface area contributed by atoms with Crippen LogP contribution in [0.2, 0.25) is 10.0 Å². The number of Topliss-reactive ketones (excluding diaryl/α,β-unsaturated/α-hetero) is 1. The summed E-state index contributed by atoms with van der Waals surface area (Å²) in [6.07, 6.45) is 0. The van der Waals surface area contributed by atoms with Crippen molar-refractivity contribution in [2.75, 3.05) is 27.2 Å². The maximum atomic E-state index is 13.2. The number of ether oxygens (including phenoxy) is 1. The summed E-state index contributed by atoms with van der Waals surface area (Å²) in [6.45, 7) is 3.26. The fourth-order valence-corrected chi connectivity index (χ4v) is 4.59. The summed E-state index contributed by atoms with van der Waals surface area (Å²) in [6, 6.07) is 19.0. The number of benzene rings is 3. The molecule has 4 rings (SSSR count). The number of aryl methyl sites for hydroxylation is 1. The molecule has 1 aliphatic rings. The van der Waals surface area contributed by atoms with Gasteiger partial charge in [-0.05, 0) is 68.5 Å². The van der Waals surface area contributed by atoms with Crippen LogP contribution in [0.4, 0.5) is 0 Å². The first-order valence-corrected chi connectivity index (χ1v) is 12.6. The van der Waals surface area contributed by atoms with E-state index in [9.17, 15) is 14.7 Å². The van der Waals surface area contributed by atoms with Gasteiger partial charge in [0.2, 0.25) is 0 Å². The summed E-state index contributed by atoms with van der Waals surface area (Å²) in [7, 11) is 3.76. The number of nitrogens with zero attached hydrogens (tertiary/aromatic N) is 2. The van der Waals surface area contributed by atoms with Crippen LogP contribution >= 0.6 is 23.2 Å². The molecule has 1 atom stereocenters. The second kappa shape index (κ2) is 11.4. The van der Waals surface area contributed by atoms with E-state index in [0.29, 0.717) is 46.6 Å². The molecule has 6 nitrogen and oxygen atoms in total. The quantitative estimate of drug-likeness (QED) is 0.221. The van der Waals surface area contributed by atoms with Crippen molar-refractivity contribution in [1.82, 2.24) is 9.80 Å². The highest BCUT2D eigenvalue weighted by atomic mass is 35.5. The van der Waals surface area contributed by atoms with Crippen LogP contribution < -0.4 is 4.74 Å². The average molecular weight is 539 g/mol. The SMILES string of the molecule is Cc1cccc(COc2ccc(/C(O)=C3\C(=O)C(=O)N(CCN(C)C)C3c3ccc(Cl)c(Cl)c3)cc2)c1. The van der Waals surface area contributed by atoms with Crippen LogP contribution in [0.15, 0.2) is 72.3 Å². The van der Waals surface area contributed by atoms with Crippen molar-refractivity contribution >= 4 is 40.7 Å². The smallest absolute Gasteiger partial charge is 0.295 e. The van der Waals surface area contributed by atoms with Crippen molar-refractivity contribution in [3.63, 3.8) is 0 Å². The molecule has 1 N–H and O–H groups in total. The lowest BCUT2D eigenvalue weighted by Crippen LogP contribution is -2.35. The molecule has 0 aromatic heterocycles. The molecule has 192 valence electrons. The first-order chi connectivity index (χ1) is 17.7. The minimum absolute atomic E-state index is 0.00979. The highest BCUT2D eigenvalue weighted by molar-refractivity contribution is 6.46. The molecular formula is C29H28Cl2N2O4. The third-order valence-corrected chi connectivity index (χ3v) is 6.94. The molecule has 1 amide bonds. The zero-order valence-corrected chi connectivity index (χ0v) is 22.4. The van der Waals surface area contributed by atoms with Gasteiger partial charge in [-0.15, -0.1) is 0 Å². The molecule has 0 bridgehead atoms. The van der Waals surface area contributed by atoms with E-state index in [-0.39, 0.29) is 11.3 Å². The van der Waals surface area contributed by atoms with Gasteiger partial charge in [-0.1, -0.05) is 59.1 Å². The van der Waals surface area contributed by atoms with E-state index in [1.54, 1.807) is 42.5 Å². The first-order valence-electron chi connectivity index (χ1n) is 11.8. The molecule has 1 aliphatic heterocycles. The molecule has 37 heavy (non-hydrogen) atoms. The Labute approximate surface area is 226 Å². The van der Waals surface area contributed by atoms with Crippen molar-refractivity contribution in [2.45, 2.75) is 19.6 Å². The standard InChI is InChI=1S/C29H28Cl2N2O4/c1-18-5-4-6-19(15-18)17-37-22-10-7-20(8-11-22)27(34)25-26(21-9-12-23(30)24(31)16-21)33(14-13-32(2)3)29(36)28(25)35/h4-12,15-16,26,34H,13-14,17H2,1-3H3/b27-25+. The second-order valence-corrected chi connectivity index (χ2v) is 10.1. The number of likely N-dealkylation sites (tertiary alicyclic amines) is 1. The van der Waals surface area contributed by atoms with E-state index in [1.165, 1.54) is 4.90 Å². The fourth-order valence-electron chi connectivity index (χ4n) is 4.28. The predicted octanol–water partition coefficient (Wildman–Crippen LogP) is 5.86. The number of aliphatic hydroxyl groups is 1. The Kier molecular flexibility index (Phi) is 8.22. The van der Waals surface area contributed by atoms with Crippen LogP contribution in [-0.4, -0.2) is 53.8 Å². The van der Waals surface area contributed by atoms with Crippen molar-refractivity contribution in [3.8, 4) is 5.75 Å². The normalized spacial score (nSPS) is 17.0. The Balaban J connectivity index is 1.66. The van der Waals surface area contributed by atoms with Gasteiger partial charge in [-0.3, -0.25) is 9.59 Å². The maximum Gasteiger partial charge on any atom is 0.295 e. The number of rotatable bonds is 8. The number of carbonyl (C=O) groups excluding carboxylic acids is 2. The number of aliphatic hydroxyl groups excluding tert-OH is 1. The van der Waals surface area contributed by atoms with Gasteiger partial charge in [0.05, 0.1) is 21.7 Å². The third-order valence-electron chi connectivity index (χ3n) is 6.20. The van der Waals surface area contributed by atoms with Crippen molar-refractivity contribution in [2.24, 2.45) is 0 Å². The molecule has 8 heteroatoms. The van der Waals surface area contributed by atoms with Gasteiger partial charge in [0, 0.05) is 18.7 Å². The van der Waals surface area contributed by atoms with E-state index in [0.717, 1.165) is 11.1 Å². The average Bonchev–Trinajstić information content (AvgIpc) is 3.12. The van der Waals surface area contributed by atoms with Crippen LogP contribution in [0.5, 0.6) is 5.75 Å². The molecule has 0 saturated carbocycles. The molecule has 3 aromatic rings. The summed E-state index contributed by atoms with van der Waals surface area (Å²) in [5, 5.41) is 11.9. The number of likely N-dealkylation sites (N-methyl/N-ethyl adjacent to an activating group) is 1. The number of halogens is 2. The van der Waals surface area contributed by atoms with Gasteiger partial charge in [-0.25, -0.2) is 0 Å². The summed E-state index contributed by atoms with van der Waals surface area (Å²) < 4.78 is 5.87. The lowest BCUT2D eigenvalue weighted by Gasteiger charge is -2.26. The van der Waals surface area contributed by atoms with Crippen LogP contribution in [-0.2, 0) is 16.2 Å². The van der Waals surface area contributed by atoms with Gasteiger partial charge in [0.25, 0.3) is 11.7 Å². The van der Waals surface area contributed by atoms with Crippen molar-refractivity contribution < 1.29 is 19.4 Å². The van der Waals surface area contributed by atoms with Gasteiger partial charge >= 0.3 is 0 Å². The molecule has 1 unspecified atom stereocenters. The zero-order chi connectivity index (χ0) is 26.7. The number of carbonyl (C=O) groups is 2. The summed E-state index contributed by atoms with van der Waals surface area (Å²) in [5.74, 6) is -1.05. The summed E-state index contributed by atoms with van der Waals surface area (Å²) in [5.41, 5.74) is 3.20. The zero-order valence-electron chi connectivity index (χ0n) is 20.9. The van der Waals surface area contributed by atoms with Crippen LogP contribution in [0.25, 0.3) is 5.76 Å². The molecule has 0 spiro atoms. The minimum atomic E-state index is -0.799. The minimum Gasteiger partial charge on any atom is -0.507 e. The molecule has 3 aromatic carbocycles. The number of hydrogen-bond donors (Lipinski definition) is 1. The van der Waals surface area contributed by atoms with E-state index in [1.807, 2.05) is 44.1 Å². The third kappa shape index (κ3) is 5.99. The number of ketones is 1. The Bertz CT molecular complexity index is 1350. The lowest BCUT2D eigenvalue weighted by atomic mass is 9.95. The van der Waals surface area contributed by atoms with Crippen molar-refractivity contribution in [3.05, 3.63) is 105 Å². The Morgan fingerprint density at radius 3 is 2.38 bits per heavy atom. The van der Waals surface area contributed by atoms with E-state index in [2.05, 4.69) is 6.07 Å². The van der Waals surface area contributed by atoms with Crippen LogP contribution in [0.3, 0.4) is 0 Å². The van der Waals surface area contributed by atoms with Crippen LogP contribution in [0.1, 0.15) is 28.3 Å². The van der Waals surface area contributed by atoms with Gasteiger partial charge in [0.15, 0.2) is 0 Å². The molecular weight excluding hydrogens is 511 g/mol. The van der Waals surface area contributed by atoms with Crippen molar-refractivity contribution in [1.29, 1.82) is 0 Å². The molecule has 0 radical (unpaired) electrons. The Morgan fingerprint density at radius 2 is 1.73 bits per heavy atom. The molecule has 0 aliphatic carbocycles. The van der Waals surface area contributed by atoms with E-state index in [4.69, 9.17) is 27.9 Å². The van der Waals surface area contributed by atoms with Crippen LogP contribution in [0, 0.1) is 6.92 Å². The highest BCUT2D eigenvalue weighted by Gasteiger charge is 2.46. The van der Waals surface area contributed by atoms with E-state index >= 15 is 0 Å². The number of hydrogen-bond acceptors (Lipinski definition) is 5. The fraction of sp³-hybridized carbons (Fsp3) is 0.241. The van der Waals surface area contributed by atoms with Gasteiger partial charge < -0.3 is 19.6 Å².